The van der Waals surface area contributed by atoms with E-state index in [0.29, 0.717) is 38.3 Å². The number of carbonyl (C=O) groups excluding carboxylic acids is 1. The lowest BCUT2D eigenvalue weighted by Crippen LogP contribution is -2.12. The maximum absolute atomic E-state index is 12.7. The molecule has 31 heavy (non-hydrogen) atoms. The molecule has 0 aliphatic rings. The second kappa shape index (κ2) is 7.64. The van der Waals surface area contributed by atoms with Gasteiger partial charge < -0.3 is 14.7 Å². The third-order valence-corrected chi connectivity index (χ3v) is 5.51. The monoisotopic (exact) mass is 494 g/mol. The second-order valence-electron chi connectivity index (χ2n) is 6.73. The number of nitrogens with one attached hydrogen (secondary N) is 2. The van der Waals surface area contributed by atoms with Crippen molar-refractivity contribution < 1.29 is 9.21 Å². The highest BCUT2D eigenvalue weighted by molar-refractivity contribution is 9.10. The number of anilines is 1. The highest BCUT2D eigenvalue weighted by Crippen LogP contribution is 2.32. The summed E-state index contributed by atoms with van der Waals surface area (Å²) in [5.41, 5.74) is 2.07. The highest BCUT2D eigenvalue weighted by Gasteiger charge is 2.17. The van der Waals surface area contributed by atoms with E-state index < -0.39 is 5.56 Å². The first kappa shape index (κ1) is 19.5. The molecule has 0 aliphatic heterocycles. The van der Waals surface area contributed by atoms with Gasteiger partial charge in [0.05, 0.1) is 10.6 Å². The molecule has 0 aliphatic carbocycles. The number of nitrogens with zero attached hydrogens (tertiary/aromatic N) is 2. The van der Waals surface area contributed by atoms with Gasteiger partial charge in [-0.1, -0.05) is 27.5 Å². The number of hydrogen-bond acceptors (Lipinski definition) is 5. The minimum absolute atomic E-state index is 0.133. The Labute approximate surface area is 188 Å². The van der Waals surface area contributed by atoms with Gasteiger partial charge in [0.15, 0.2) is 0 Å². The average molecular weight is 496 g/mol. The van der Waals surface area contributed by atoms with Crippen molar-refractivity contribution in [2.75, 3.05) is 5.32 Å². The third-order valence-electron chi connectivity index (χ3n) is 4.69. The van der Waals surface area contributed by atoms with Crippen LogP contribution in [0, 0.1) is 0 Å². The number of furan rings is 1. The van der Waals surface area contributed by atoms with Crippen molar-refractivity contribution >= 4 is 61.2 Å². The second-order valence-corrected chi connectivity index (χ2v) is 8.05. The highest BCUT2D eigenvalue weighted by atomic mass is 79.9. The molecule has 9 heteroatoms. The van der Waals surface area contributed by atoms with Gasteiger partial charge >= 0.3 is 0 Å². The van der Waals surface area contributed by atoms with Gasteiger partial charge in [0.2, 0.25) is 5.58 Å². The Balaban J connectivity index is 1.60. The molecule has 3 aromatic heterocycles. The molecule has 5 aromatic rings. The summed E-state index contributed by atoms with van der Waals surface area (Å²) in [4.78, 5) is 36.4. The fourth-order valence-corrected chi connectivity index (χ4v) is 3.81. The van der Waals surface area contributed by atoms with Crippen LogP contribution in [0.15, 0.2) is 74.6 Å². The van der Waals surface area contributed by atoms with Crippen molar-refractivity contribution in [1.29, 1.82) is 0 Å². The number of rotatable bonds is 3. The quantitative estimate of drug-likeness (QED) is 0.349. The molecule has 1 amide bonds. The predicted octanol–water partition coefficient (Wildman–Crippen LogP) is 5.40. The summed E-state index contributed by atoms with van der Waals surface area (Å²) in [6.07, 6.45) is 3.06. The van der Waals surface area contributed by atoms with E-state index in [1.165, 1.54) is 6.20 Å². The predicted molar refractivity (Wildman–Crippen MR) is 122 cm³/mol. The van der Waals surface area contributed by atoms with Gasteiger partial charge in [-0.15, -0.1) is 0 Å². The number of aromatic nitrogens is 3. The SMILES string of the molecule is O=C(Nc1ccc(Cl)c(-c2nc3c(oc4ccc(Br)cc43)c(=O)[nH]2)c1)c1cccnc1. The lowest BCUT2D eigenvalue weighted by molar-refractivity contribution is 0.102. The van der Waals surface area contributed by atoms with E-state index in [2.05, 4.69) is 36.2 Å². The smallest absolute Gasteiger partial charge is 0.294 e. The number of benzene rings is 2. The molecule has 0 fully saturated rings. The molecule has 0 saturated carbocycles. The standard InChI is InChI=1S/C22H12BrClN4O3/c23-12-3-6-17-15(8-12)18-19(31-17)22(30)28-20(27-18)14-9-13(4-5-16(14)24)26-21(29)11-2-1-7-25-10-11/h1-10H,(H,26,29)(H,27,28,30). The maximum atomic E-state index is 12.7. The minimum atomic E-state index is -0.423. The molecule has 3 heterocycles. The van der Waals surface area contributed by atoms with E-state index in [9.17, 15) is 9.59 Å². The Hall–Kier alpha value is -3.49. The van der Waals surface area contributed by atoms with Crippen LogP contribution in [0.3, 0.4) is 0 Å². The summed E-state index contributed by atoms with van der Waals surface area (Å²) in [6, 6.07) is 13.7. The van der Waals surface area contributed by atoms with E-state index in [1.54, 1.807) is 42.6 Å². The number of aromatic amines is 1. The lowest BCUT2D eigenvalue weighted by Gasteiger charge is -2.09. The number of hydrogen-bond donors (Lipinski definition) is 2. The van der Waals surface area contributed by atoms with Crippen LogP contribution in [0.1, 0.15) is 10.4 Å². The van der Waals surface area contributed by atoms with Crippen molar-refractivity contribution in [3.05, 3.63) is 86.3 Å². The van der Waals surface area contributed by atoms with E-state index in [4.69, 9.17) is 16.0 Å². The Kier molecular flexibility index (Phi) is 4.80. The molecule has 0 saturated heterocycles. The summed E-state index contributed by atoms with van der Waals surface area (Å²) >= 11 is 9.82. The van der Waals surface area contributed by atoms with E-state index >= 15 is 0 Å². The number of halogens is 2. The zero-order chi connectivity index (χ0) is 21.5. The summed E-state index contributed by atoms with van der Waals surface area (Å²) in [6.45, 7) is 0. The van der Waals surface area contributed by atoms with E-state index in [1.807, 2.05) is 12.1 Å². The normalized spacial score (nSPS) is 11.2. The number of carbonyl (C=O) groups is 1. The van der Waals surface area contributed by atoms with E-state index in [0.717, 1.165) is 4.47 Å². The molecule has 0 atom stereocenters. The number of fused-ring (bicyclic) bond motifs is 3. The molecule has 0 radical (unpaired) electrons. The maximum Gasteiger partial charge on any atom is 0.294 e. The van der Waals surface area contributed by atoms with Crippen LogP contribution < -0.4 is 10.9 Å². The van der Waals surface area contributed by atoms with Gasteiger partial charge in [-0.05, 0) is 48.5 Å². The van der Waals surface area contributed by atoms with Gasteiger partial charge in [-0.2, -0.15) is 0 Å². The first-order valence-electron chi connectivity index (χ1n) is 9.13. The van der Waals surface area contributed by atoms with Crippen LogP contribution in [0.25, 0.3) is 33.5 Å². The summed E-state index contributed by atoms with van der Waals surface area (Å²) in [5, 5.41) is 3.87. The summed E-state index contributed by atoms with van der Waals surface area (Å²) < 4.78 is 6.50. The van der Waals surface area contributed by atoms with Crippen LogP contribution in [0.2, 0.25) is 5.02 Å². The average Bonchev–Trinajstić information content (AvgIpc) is 3.14. The number of H-pyrrole nitrogens is 1. The number of amides is 1. The van der Waals surface area contributed by atoms with Gasteiger partial charge in [-0.25, -0.2) is 4.98 Å². The largest absolute Gasteiger partial charge is 0.449 e. The molecule has 152 valence electrons. The molecular formula is C22H12BrClN4O3. The Morgan fingerprint density at radius 1 is 1.16 bits per heavy atom. The molecular weight excluding hydrogens is 484 g/mol. The van der Waals surface area contributed by atoms with Gasteiger partial charge in [-0.3, -0.25) is 14.6 Å². The van der Waals surface area contributed by atoms with Crippen molar-refractivity contribution in [3.8, 4) is 11.4 Å². The Morgan fingerprint density at radius 2 is 2.03 bits per heavy atom. The topological polar surface area (TPSA) is 101 Å². The van der Waals surface area contributed by atoms with E-state index in [-0.39, 0.29) is 17.3 Å². The molecule has 2 aromatic carbocycles. The fourth-order valence-electron chi connectivity index (χ4n) is 3.24. The lowest BCUT2D eigenvalue weighted by atomic mass is 10.1. The van der Waals surface area contributed by atoms with Crippen LogP contribution in [-0.2, 0) is 0 Å². The van der Waals surface area contributed by atoms with Crippen LogP contribution in [-0.4, -0.2) is 20.9 Å². The first-order valence-corrected chi connectivity index (χ1v) is 10.3. The Morgan fingerprint density at radius 3 is 2.84 bits per heavy atom. The molecule has 5 rings (SSSR count). The van der Waals surface area contributed by atoms with Gasteiger partial charge in [0, 0.05) is 33.5 Å². The summed E-state index contributed by atoms with van der Waals surface area (Å²) in [5.74, 6) is -0.0494. The molecule has 2 N–H and O–H groups in total. The third kappa shape index (κ3) is 3.60. The van der Waals surface area contributed by atoms with Crippen molar-refractivity contribution in [1.82, 2.24) is 15.0 Å². The first-order chi connectivity index (χ1) is 15.0. The molecule has 0 spiro atoms. The zero-order valence-corrected chi connectivity index (χ0v) is 18.0. The fraction of sp³-hybridized carbons (Fsp3) is 0. The number of pyridine rings is 1. The van der Waals surface area contributed by atoms with Gasteiger partial charge in [0.25, 0.3) is 11.5 Å². The van der Waals surface area contributed by atoms with Crippen molar-refractivity contribution in [2.24, 2.45) is 0 Å². The van der Waals surface area contributed by atoms with Crippen molar-refractivity contribution in [3.63, 3.8) is 0 Å². The molecule has 7 nitrogen and oxygen atoms in total. The zero-order valence-electron chi connectivity index (χ0n) is 15.6. The van der Waals surface area contributed by atoms with Crippen LogP contribution in [0.4, 0.5) is 5.69 Å². The minimum Gasteiger partial charge on any atom is -0.449 e. The van der Waals surface area contributed by atoms with Crippen LogP contribution >= 0.6 is 27.5 Å². The van der Waals surface area contributed by atoms with Crippen LogP contribution in [0.5, 0.6) is 0 Å². The van der Waals surface area contributed by atoms with Crippen molar-refractivity contribution in [2.45, 2.75) is 0 Å². The molecule has 0 unspecified atom stereocenters. The Bertz CT molecular complexity index is 1530. The molecule has 0 bridgehead atoms. The van der Waals surface area contributed by atoms with Gasteiger partial charge in [0.1, 0.15) is 16.9 Å². The summed E-state index contributed by atoms with van der Waals surface area (Å²) in [7, 11) is 0.